The second kappa shape index (κ2) is 21.4. The van der Waals surface area contributed by atoms with Gasteiger partial charge in [0.05, 0.1) is 50.9 Å². The van der Waals surface area contributed by atoms with Crippen LogP contribution in [0.15, 0.2) is 364 Å². The SMILES string of the molecule is c1ccc2c(c1)-c1ccccc1N(c1ccc3c(c1)C1(c4cc(N5c6ccccc6-c6ccccc6-c6ccccc65)ccc4-3)c3cc(N4c5ccccc5-c5ccccc5-c5ccccc54)ccc3-c3ccc(N4c5ccccc5-c5ccccc5-c5ccccc54)cc31)c1ccccc1-2. The highest BCUT2D eigenvalue weighted by Crippen LogP contribution is 2.67. The van der Waals surface area contributed by atoms with Crippen LogP contribution >= 0.6 is 0 Å². The molecule has 0 radical (unpaired) electrons. The second-order valence-corrected chi connectivity index (χ2v) is 27.3. The monoisotopic (exact) mass is 1280 g/mol. The van der Waals surface area contributed by atoms with Crippen molar-refractivity contribution in [1.82, 2.24) is 0 Å². The van der Waals surface area contributed by atoms with E-state index in [1.165, 1.54) is 134 Å². The van der Waals surface area contributed by atoms with E-state index in [2.05, 4.69) is 384 Å². The smallest absolute Gasteiger partial charge is 0.0728 e. The Balaban J connectivity index is 0.868. The highest BCUT2D eigenvalue weighted by Gasteiger charge is 2.53. The minimum Gasteiger partial charge on any atom is -0.309 e. The number of hydrogen-bond acceptors (Lipinski definition) is 4. The minimum absolute atomic E-state index is 0.948. The third-order valence-electron chi connectivity index (χ3n) is 22.4. The Morgan fingerprint density at radius 2 is 0.267 bits per heavy atom. The van der Waals surface area contributed by atoms with Gasteiger partial charge in [-0.1, -0.05) is 267 Å². The van der Waals surface area contributed by atoms with E-state index in [4.69, 9.17) is 0 Å². The molecule has 101 heavy (non-hydrogen) atoms. The van der Waals surface area contributed by atoms with Crippen molar-refractivity contribution in [3.63, 3.8) is 0 Å². The summed E-state index contributed by atoms with van der Waals surface area (Å²) >= 11 is 0. The van der Waals surface area contributed by atoms with E-state index in [1.54, 1.807) is 0 Å². The summed E-state index contributed by atoms with van der Waals surface area (Å²) in [7, 11) is 0. The lowest BCUT2D eigenvalue weighted by atomic mass is 9.70. The second-order valence-electron chi connectivity index (χ2n) is 27.3. The van der Waals surface area contributed by atoms with Crippen molar-refractivity contribution in [2.75, 3.05) is 19.6 Å². The zero-order chi connectivity index (χ0) is 66.0. The summed E-state index contributed by atoms with van der Waals surface area (Å²) in [4.78, 5) is 10.2. The van der Waals surface area contributed by atoms with Crippen LogP contribution in [0.2, 0.25) is 0 Å². The van der Waals surface area contributed by atoms with Crippen molar-refractivity contribution >= 4 is 68.2 Å². The van der Waals surface area contributed by atoms with Crippen LogP contribution in [0.25, 0.3) is 111 Å². The molecule has 0 saturated carbocycles. The van der Waals surface area contributed by atoms with Crippen molar-refractivity contribution in [2.24, 2.45) is 0 Å². The van der Waals surface area contributed by atoms with Gasteiger partial charge >= 0.3 is 0 Å². The molecule has 0 amide bonds. The third-order valence-corrected chi connectivity index (χ3v) is 22.4. The van der Waals surface area contributed by atoms with Gasteiger partial charge < -0.3 is 19.6 Å². The first-order valence-corrected chi connectivity index (χ1v) is 35.1. The summed E-state index contributed by atoms with van der Waals surface area (Å²) in [6, 6.07) is 138. The number of para-hydroxylation sites is 8. The summed E-state index contributed by atoms with van der Waals surface area (Å²) in [5.41, 5.74) is 41.4. The highest BCUT2D eigenvalue weighted by atomic mass is 15.2. The molecule has 4 heteroatoms. The van der Waals surface area contributed by atoms with Crippen molar-refractivity contribution in [3.05, 3.63) is 386 Å². The molecule has 4 nitrogen and oxygen atoms in total. The van der Waals surface area contributed by atoms with Gasteiger partial charge in [-0.3, -0.25) is 0 Å². The maximum absolute atomic E-state index is 2.59. The molecule has 0 N–H and O–H groups in total. The first-order valence-electron chi connectivity index (χ1n) is 35.1. The summed E-state index contributed by atoms with van der Waals surface area (Å²) in [6.07, 6.45) is 0. The van der Waals surface area contributed by atoms with Crippen LogP contribution in [-0.2, 0) is 5.41 Å². The molecular weight excluding hydrogens is 1220 g/mol. The molecule has 4 aliphatic heterocycles. The van der Waals surface area contributed by atoms with Crippen molar-refractivity contribution in [1.29, 1.82) is 0 Å². The molecule has 16 aromatic rings. The fraction of sp³-hybridized carbons (Fsp3) is 0.0103. The van der Waals surface area contributed by atoms with E-state index < -0.39 is 5.41 Å². The lowest BCUT2D eigenvalue weighted by Crippen LogP contribution is -2.27. The van der Waals surface area contributed by atoms with Gasteiger partial charge in [0.25, 0.3) is 0 Å². The van der Waals surface area contributed by atoms with Gasteiger partial charge in [-0.2, -0.15) is 0 Å². The van der Waals surface area contributed by atoms with Crippen LogP contribution in [0.1, 0.15) is 22.3 Å². The molecule has 16 aromatic carbocycles. The zero-order valence-electron chi connectivity index (χ0n) is 54.9. The maximum Gasteiger partial charge on any atom is 0.0728 e. The topological polar surface area (TPSA) is 13.0 Å². The Kier molecular flexibility index (Phi) is 11.8. The molecule has 22 rings (SSSR count). The molecule has 2 aliphatic carbocycles. The van der Waals surface area contributed by atoms with E-state index in [0.717, 1.165) is 68.2 Å². The Labute approximate surface area is 587 Å². The summed E-state index contributed by atoms with van der Waals surface area (Å²) < 4.78 is 0. The lowest BCUT2D eigenvalue weighted by molar-refractivity contribution is 0.793. The molecule has 0 saturated heterocycles. The Morgan fingerprint density at radius 3 is 0.426 bits per heavy atom. The first-order chi connectivity index (χ1) is 50.2. The minimum atomic E-state index is -0.948. The number of nitrogens with zero attached hydrogens (tertiary/aromatic N) is 4. The van der Waals surface area contributed by atoms with E-state index in [1.807, 2.05) is 0 Å². The van der Waals surface area contributed by atoms with Gasteiger partial charge in [-0.25, -0.2) is 0 Å². The van der Waals surface area contributed by atoms with E-state index in [-0.39, 0.29) is 0 Å². The van der Waals surface area contributed by atoms with Gasteiger partial charge in [-0.15, -0.1) is 0 Å². The van der Waals surface area contributed by atoms with Gasteiger partial charge in [0.1, 0.15) is 0 Å². The van der Waals surface area contributed by atoms with Crippen molar-refractivity contribution < 1.29 is 0 Å². The average Bonchev–Trinajstić information content (AvgIpc) is 1.50. The molecule has 468 valence electrons. The van der Waals surface area contributed by atoms with Crippen molar-refractivity contribution in [3.8, 4) is 111 Å². The van der Waals surface area contributed by atoms with Gasteiger partial charge in [0, 0.05) is 67.3 Å². The first kappa shape index (κ1) is 55.8. The number of rotatable bonds is 4. The average molecular weight is 1280 g/mol. The normalized spacial score (nSPS) is 13.5. The molecule has 0 bridgehead atoms. The summed E-state index contributed by atoms with van der Waals surface area (Å²) in [5.74, 6) is 0. The predicted molar refractivity (Wildman–Crippen MR) is 419 cm³/mol. The standard InChI is InChI=1S/C97H60N4/c1-2-26-66-65(25-1)77-33-9-17-41-89(77)98(90-42-18-10-34-78(66)90)61-49-53-73-74-54-50-62(99-91-43-19-11-35-79(91)67-27-3-4-28-68(67)80-36-12-20-44-92(80)99)58-86(74)97(85(73)57-61)87-59-63(100-93-45-21-13-37-81(93)69-29-5-6-30-70(69)82-38-14-22-46-94(82)100)51-55-75(87)76-56-52-64(60-88(76)97)101-95-47-23-15-39-83(95)71-31-7-8-32-72(71)84-40-16-24-48-96(84)101/h1-60H. The van der Waals surface area contributed by atoms with Gasteiger partial charge in [-0.05, 0) is 186 Å². The molecule has 0 aromatic heterocycles. The fourth-order valence-corrected chi connectivity index (χ4v) is 18.4. The molecule has 0 atom stereocenters. The Bertz CT molecular complexity index is 5210. The van der Waals surface area contributed by atoms with Crippen LogP contribution in [-0.4, -0.2) is 0 Å². The quantitative estimate of drug-likeness (QED) is 0.174. The molecule has 0 unspecified atom stereocenters. The molecule has 4 heterocycles. The van der Waals surface area contributed by atoms with E-state index >= 15 is 0 Å². The van der Waals surface area contributed by atoms with Crippen LogP contribution in [0, 0.1) is 0 Å². The molecule has 6 aliphatic rings. The van der Waals surface area contributed by atoms with E-state index in [0.29, 0.717) is 0 Å². The molecule has 1 spiro atoms. The van der Waals surface area contributed by atoms with Crippen molar-refractivity contribution in [2.45, 2.75) is 5.41 Å². The zero-order valence-corrected chi connectivity index (χ0v) is 54.9. The number of anilines is 12. The largest absolute Gasteiger partial charge is 0.309 e. The summed E-state index contributed by atoms with van der Waals surface area (Å²) in [5, 5.41) is 0. The maximum atomic E-state index is 2.59. The lowest BCUT2D eigenvalue weighted by Gasteiger charge is -2.35. The number of benzene rings is 16. The Hall–Kier alpha value is -13.3. The molecule has 0 fully saturated rings. The number of hydrogen-bond donors (Lipinski definition) is 0. The van der Waals surface area contributed by atoms with E-state index in [9.17, 15) is 0 Å². The van der Waals surface area contributed by atoms with Crippen LogP contribution in [0.4, 0.5) is 68.2 Å². The molecular formula is C97H60N4. The predicted octanol–water partition coefficient (Wildman–Crippen LogP) is 26.5. The van der Waals surface area contributed by atoms with Crippen LogP contribution < -0.4 is 19.6 Å². The third kappa shape index (κ3) is 7.79. The fourth-order valence-electron chi connectivity index (χ4n) is 18.4. The highest BCUT2D eigenvalue weighted by molar-refractivity contribution is 6.09. The van der Waals surface area contributed by atoms with Crippen LogP contribution in [0.3, 0.4) is 0 Å². The van der Waals surface area contributed by atoms with Gasteiger partial charge in [0.2, 0.25) is 0 Å². The Morgan fingerprint density at radius 1 is 0.129 bits per heavy atom. The van der Waals surface area contributed by atoms with Crippen LogP contribution in [0.5, 0.6) is 0 Å². The summed E-state index contributed by atoms with van der Waals surface area (Å²) in [6.45, 7) is 0. The number of fused-ring (bicyclic) bond motifs is 30. The van der Waals surface area contributed by atoms with Gasteiger partial charge in [0.15, 0.2) is 0 Å².